The third-order valence-electron chi connectivity index (χ3n) is 4.78. The molecule has 3 aromatic heterocycles. The number of para-hydroxylation sites is 1. The molecule has 5 rings (SSSR count). The standard InChI is InChI=1S/C21H14N4O3/c26-11-5-6-13-15(9-23-17(13)7-11)20(28)21-24-10-18(25-21)19(27)14-8-22-16-4-2-1-3-12(14)16/h1-10,22-23,26H,(H,24,25). The van der Waals surface area contributed by atoms with Crippen LogP contribution in [0.5, 0.6) is 5.75 Å². The molecule has 0 atom stereocenters. The molecular weight excluding hydrogens is 356 g/mol. The van der Waals surface area contributed by atoms with Gasteiger partial charge in [0.1, 0.15) is 11.4 Å². The minimum absolute atomic E-state index is 0.0807. The monoisotopic (exact) mass is 370 g/mol. The first-order valence-corrected chi connectivity index (χ1v) is 8.62. The van der Waals surface area contributed by atoms with Gasteiger partial charge in [-0.25, -0.2) is 4.98 Å². The van der Waals surface area contributed by atoms with Gasteiger partial charge >= 0.3 is 0 Å². The second-order valence-corrected chi connectivity index (χ2v) is 6.48. The maximum absolute atomic E-state index is 12.9. The first-order chi connectivity index (χ1) is 13.6. The molecule has 0 saturated carbocycles. The van der Waals surface area contributed by atoms with Crippen LogP contribution < -0.4 is 0 Å². The summed E-state index contributed by atoms with van der Waals surface area (Å²) < 4.78 is 0. The minimum Gasteiger partial charge on any atom is -0.508 e. The molecule has 0 fully saturated rings. The first-order valence-electron chi connectivity index (χ1n) is 8.62. The normalized spacial score (nSPS) is 11.3. The molecule has 7 heteroatoms. The fraction of sp³-hybridized carbons (Fsp3) is 0. The molecule has 136 valence electrons. The maximum atomic E-state index is 12.9. The van der Waals surface area contributed by atoms with Crippen LogP contribution in [0.3, 0.4) is 0 Å². The van der Waals surface area contributed by atoms with Crippen molar-refractivity contribution in [3.8, 4) is 5.75 Å². The van der Waals surface area contributed by atoms with E-state index in [0.717, 1.165) is 10.9 Å². The van der Waals surface area contributed by atoms with E-state index in [1.54, 1.807) is 24.5 Å². The molecule has 0 aliphatic rings. The fourth-order valence-corrected chi connectivity index (χ4v) is 3.39. The first kappa shape index (κ1) is 16.1. The minimum atomic E-state index is -0.338. The summed E-state index contributed by atoms with van der Waals surface area (Å²) in [5.41, 5.74) is 2.68. The number of imidazole rings is 1. The molecule has 28 heavy (non-hydrogen) atoms. The maximum Gasteiger partial charge on any atom is 0.230 e. The second kappa shape index (κ2) is 5.95. The average molecular weight is 370 g/mol. The second-order valence-electron chi connectivity index (χ2n) is 6.48. The summed E-state index contributed by atoms with van der Waals surface area (Å²) in [7, 11) is 0. The molecule has 0 amide bonds. The molecule has 0 unspecified atom stereocenters. The molecule has 0 spiro atoms. The summed E-state index contributed by atoms with van der Waals surface area (Å²) in [6.07, 6.45) is 4.59. The van der Waals surface area contributed by atoms with Crippen molar-refractivity contribution in [2.45, 2.75) is 0 Å². The van der Waals surface area contributed by atoms with Crippen molar-refractivity contribution in [2.24, 2.45) is 0 Å². The highest BCUT2D eigenvalue weighted by Crippen LogP contribution is 2.25. The average Bonchev–Trinajstić information content (AvgIpc) is 3.44. The van der Waals surface area contributed by atoms with E-state index in [2.05, 4.69) is 19.9 Å². The number of fused-ring (bicyclic) bond motifs is 2. The van der Waals surface area contributed by atoms with Gasteiger partial charge in [-0.15, -0.1) is 0 Å². The SMILES string of the molecule is O=C(c1cnc(C(=O)c2c[nH]c3cc(O)ccc23)[nH]1)c1c[nH]c2ccccc12. The summed E-state index contributed by atoms with van der Waals surface area (Å²) in [5.74, 6) is -0.391. The molecule has 0 saturated heterocycles. The van der Waals surface area contributed by atoms with Gasteiger partial charge in [0.25, 0.3) is 0 Å². The summed E-state index contributed by atoms with van der Waals surface area (Å²) in [6, 6.07) is 12.2. The van der Waals surface area contributed by atoms with Crippen molar-refractivity contribution >= 4 is 33.4 Å². The van der Waals surface area contributed by atoms with E-state index in [-0.39, 0.29) is 28.8 Å². The molecule has 7 nitrogen and oxygen atoms in total. The van der Waals surface area contributed by atoms with E-state index < -0.39 is 0 Å². The topological polar surface area (TPSA) is 115 Å². The molecule has 0 aliphatic carbocycles. The smallest absolute Gasteiger partial charge is 0.230 e. The number of aromatic amines is 3. The van der Waals surface area contributed by atoms with Crippen molar-refractivity contribution in [1.29, 1.82) is 0 Å². The lowest BCUT2D eigenvalue weighted by molar-refractivity contribution is 0.103. The zero-order valence-electron chi connectivity index (χ0n) is 14.5. The molecule has 0 bridgehead atoms. The Morgan fingerprint density at radius 3 is 2.43 bits per heavy atom. The van der Waals surface area contributed by atoms with Gasteiger partial charge in [-0.1, -0.05) is 18.2 Å². The van der Waals surface area contributed by atoms with Crippen molar-refractivity contribution in [3.63, 3.8) is 0 Å². The number of carbonyl (C=O) groups is 2. The number of carbonyl (C=O) groups excluding carboxylic acids is 2. The van der Waals surface area contributed by atoms with Gasteiger partial charge in [0.15, 0.2) is 5.82 Å². The molecule has 3 heterocycles. The quantitative estimate of drug-likeness (QED) is 0.362. The molecular formula is C21H14N4O3. The predicted octanol–water partition coefficient (Wildman–Crippen LogP) is 3.54. The predicted molar refractivity (Wildman–Crippen MR) is 104 cm³/mol. The number of phenolic OH excluding ortho intramolecular Hbond substituents is 1. The largest absolute Gasteiger partial charge is 0.508 e. The number of benzene rings is 2. The number of H-pyrrole nitrogens is 3. The highest BCUT2D eigenvalue weighted by Gasteiger charge is 2.21. The Morgan fingerprint density at radius 2 is 1.57 bits per heavy atom. The molecule has 4 N–H and O–H groups in total. The van der Waals surface area contributed by atoms with E-state index in [9.17, 15) is 14.7 Å². The lowest BCUT2D eigenvalue weighted by Gasteiger charge is -1.98. The molecule has 2 aromatic carbocycles. The number of nitrogens with zero attached hydrogens (tertiary/aromatic N) is 1. The number of phenols is 1. The van der Waals surface area contributed by atoms with Crippen LogP contribution in [0.1, 0.15) is 32.2 Å². The molecule has 0 radical (unpaired) electrons. The Morgan fingerprint density at radius 1 is 0.857 bits per heavy atom. The van der Waals surface area contributed by atoms with Gasteiger partial charge in [-0.05, 0) is 18.2 Å². The highest BCUT2D eigenvalue weighted by atomic mass is 16.3. The zero-order valence-corrected chi connectivity index (χ0v) is 14.5. The Bertz CT molecular complexity index is 1370. The van der Waals surface area contributed by atoms with Crippen molar-refractivity contribution in [1.82, 2.24) is 19.9 Å². The lowest BCUT2D eigenvalue weighted by Crippen LogP contribution is -2.05. The van der Waals surface area contributed by atoms with Gasteiger partial charge < -0.3 is 20.1 Å². The third-order valence-corrected chi connectivity index (χ3v) is 4.78. The number of rotatable bonds is 4. The van der Waals surface area contributed by atoms with Crippen LogP contribution in [0, 0.1) is 0 Å². The summed E-state index contributed by atoms with van der Waals surface area (Å²) >= 11 is 0. The van der Waals surface area contributed by atoms with Gasteiger partial charge in [0, 0.05) is 45.8 Å². The summed E-state index contributed by atoms with van der Waals surface area (Å²) in [6.45, 7) is 0. The van der Waals surface area contributed by atoms with Crippen molar-refractivity contribution in [2.75, 3.05) is 0 Å². The highest BCUT2D eigenvalue weighted by molar-refractivity contribution is 6.17. The van der Waals surface area contributed by atoms with E-state index in [1.165, 1.54) is 12.3 Å². The number of ketones is 2. The Hall–Kier alpha value is -4.13. The van der Waals surface area contributed by atoms with E-state index in [4.69, 9.17) is 0 Å². The summed E-state index contributed by atoms with van der Waals surface area (Å²) in [4.78, 5) is 38.7. The van der Waals surface area contributed by atoms with Gasteiger partial charge in [-0.2, -0.15) is 0 Å². The van der Waals surface area contributed by atoms with Crippen LogP contribution >= 0.6 is 0 Å². The molecule has 5 aromatic rings. The van der Waals surface area contributed by atoms with Crippen molar-refractivity contribution in [3.05, 3.63) is 83.7 Å². The number of hydrogen-bond donors (Lipinski definition) is 4. The Labute approximate surface area is 158 Å². The number of aromatic hydroxyl groups is 1. The van der Waals surface area contributed by atoms with Crippen LogP contribution in [0.25, 0.3) is 21.8 Å². The van der Waals surface area contributed by atoms with Crippen molar-refractivity contribution < 1.29 is 14.7 Å². The third kappa shape index (κ3) is 2.41. The van der Waals surface area contributed by atoms with E-state index in [1.807, 2.05) is 24.3 Å². The van der Waals surface area contributed by atoms with Crippen LogP contribution in [-0.2, 0) is 0 Å². The number of aromatic nitrogens is 4. The van der Waals surface area contributed by atoms with Crippen LogP contribution in [0.15, 0.2) is 61.1 Å². The van der Waals surface area contributed by atoms with Crippen LogP contribution in [0.4, 0.5) is 0 Å². The lowest BCUT2D eigenvalue weighted by atomic mass is 10.1. The molecule has 0 aliphatic heterocycles. The van der Waals surface area contributed by atoms with Gasteiger partial charge in [-0.3, -0.25) is 9.59 Å². The Balaban J connectivity index is 1.50. The van der Waals surface area contributed by atoms with Gasteiger partial charge in [0.2, 0.25) is 11.6 Å². The van der Waals surface area contributed by atoms with Crippen LogP contribution in [-0.4, -0.2) is 36.6 Å². The zero-order chi connectivity index (χ0) is 19.3. The number of nitrogens with one attached hydrogen (secondary N) is 3. The van der Waals surface area contributed by atoms with E-state index >= 15 is 0 Å². The van der Waals surface area contributed by atoms with E-state index in [0.29, 0.717) is 22.0 Å². The Kier molecular flexibility index (Phi) is 3.42. The van der Waals surface area contributed by atoms with Crippen LogP contribution in [0.2, 0.25) is 0 Å². The summed E-state index contributed by atoms with van der Waals surface area (Å²) in [5, 5.41) is 11.0. The number of hydrogen-bond acceptors (Lipinski definition) is 4. The fourth-order valence-electron chi connectivity index (χ4n) is 3.39. The van der Waals surface area contributed by atoms with Gasteiger partial charge in [0.05, 0.1) is 11.8 Å².